The van der Waals surface area contributed by atoms with Crippen LogP contribution in [0.4, 0.5) is 0 Å². The number of hydrogen-bond donors (Lipinski definition) is 1. The monoisotopic (exact) mass is 353 g/mol. The van der Waals surface area contributed by atoms with E-state index in [0.29, 0.717) is 0 Å². The van der Waals surface area contributed by atoms with Gasteiger partial charge in [-0.3, -0.25) is 4.68 Å². The van der Waals surface area contributed by atoms with Gasteiger partial charge in [-0.25, -0.2) is 0 Å². The van der Waals surface area contributed by atoms with Gasteiger partial charge in [-0.15, -0.1) is 11.3 Å². The molecule has 1 N–H and O–H groups in total. The number of fused-ring (bicyclic) bond motifs is 1. The summed E-state index contributed by atoms with van der Waals surface area (Å²) in [5.74, 6) is 0. The summed E-state index contributed by atoms with van der Waals surface area (Å²) in [7, 11) is 2.03. The smallest absolute Gasteiger partial charge is 0.0851 e. The third-order valence-corrected chi connectivity index (χ3v) is 5.79. The molecule has 1 atom stereocenters. The molecule has 2 aromatic rings. The summed E-state index contributed by atoms with van der Waals surface area (Å²) in [5.41, 5.74) is 2.80. The van der Waals surface area contributed by atoms with Crippen molar-refractivity contribution >= 4 is 27.3 Å². The molecule has 0 saturated carbocycles. The summed E-state index contributed by atoms with van der Waals surface area (Å²) in [6.07, 6.45) is 6.84. The Morgan fingerprint density at radius 3 is 3.05 bits per heavy atom. The zero-order chi connectivity index (χ0) is 14.1. The van der Waals surface area contributed by atoms with Crippen LogP contribution < -0.4 is 5.32 Å². The fourth-order valence-corrected chi connectivity index (χ4v) is 4.85. The SMILES string of the molecule is CCCn1ncc(Br)c1C(NC)c1cc2c(s1)CCC2. The van der Waals surface area contributed by atoms with Crippen LogP contribution in [-0.2, 0) is 19.4 Å². The Bertz CT molecular complexity index is 581. The fourth-order valence-electron chi connectivity index (χ4n) is 2.96. The predicted molar refractivity (Wildman–Crippen MR) is 87.5 cm³/mol. The Morgan fingerprint density at radius 2 is 2.35 bits per heavy atom. The van der Waals surface area contributed by atoms with Crippen LogP contribution in [-0.4, -0.2) is 16.8 Å². The molecule has 1 aliphatic rings. The van der Waals surface area contributed by atoms with Crippen LogP contribution in [0.15, 0.2) is 16.7 Å². The molecule has 20 heavy (non-hydrogen) atoms. The first kappa shape index (κ1) is 14.3. The van der Waals surface area contributed by atoms with Crippen molar-refractivity contribution < 1.29 is 0 Å². The number of halogens is 1. The Morgan fingerprint density at radius 1 is 1.50 bits per heavy atom. The minimum absolute atomic E-state index is 0.231. The maximum Gasteiger partial charge on any atom is 0.0851 e. The first-order valence-electron chi connectivity index (χ1n) is 7.24. The average molecular weight is 354 g/mol. The lowest BCUT2D eigenvalue weighted by atomic mass is 10.1. The molecule has 3 nitrogen and oxygen atoms in total. The molecule has 0 amide bonds. The second-order valence-electron chi connectivity index (χ2n) is 5.27. The summed E-state index contributed by atoms with van der Waals surface area (Å²) >= 11 is 5.63. The van der Waals surface area contributed by atoms with E-state index in [1.165, 1.54) is 29.8 Å². The molecule has 2 heterocycles. The number of nitrogens with zero attached hydrogens (tertiary/aromatic N) is 2. The van der Waals surface area contributed by atoms with Crippen molar-refractivity contribution in [2.24, 2.45) is 0 Å². The largest absolute Gasteiger partial charge is 0.307 e. The van der Waals surface area contributed by atoms with E-state index in [-0.39, 0.29) is 6.04 Å². The van der Waals surface area contributed by atoms with Gasteiger partial charge in [-0.05, 0) is 60.3 Å². The quantitative estimate of drug-likeness (QED) is 0.882. The molecule has 1 aliphatic carbocycles. The van der Waals surface area contributed by atoms with Crippen LogP contribution >= 0.6 is 27.3 Å². The maximum atomic E-state index is 4.50. The van der Waals surface area contributed by atoms with Crippen LogP contribution in [0.5, 0.6) is 0 Å². The molecule has 1 unspecified atom stereocenters. The van der Waals surface area contributed by atoms with E-state index in [4.69, 9.17) is 0 Å². The first-order chi connectivity index (χ1) is 9.74. The average Bonchev–Trinajstić information content (AvgIpc) is 3.09. The summed E-state index contributed by atoms with van der Waals surface area (Å²) in [6.45, 7) is 3.15. The van der Waals surface area contributed by atoms with Crippen molar-refractivity contribution in [1.29, 1.82) is 0 Å². The molecule has 0 aromatic carbocycles. The predicted octanol–water partition coefficient (Wildman–Crippen LogP) is 3.91. The molecule has 0 bridgehead atoms. The Labute approximate surface area is 132 Å². The molecular formula is C15H20BrN3S. The third kappa shape index (κ3) is 2.47. The lowest BCUT2D eigenvalue weighted by Crippen LogP contribution is -2.21. The molecule has 2 aromatic heterocycles. The van der Waals surface area contributed by atoms with Crippen molar-refractivity contribution in [1.82, 2.24) is 15.1 Å². The van der Waals surface area contributed by atoms with Crippen LogP contribution in [0.3, 0.4) is 0 Å². The van der Waals surface area contributed by atoms with Gasteiger partial charge in [-0.2, -0.15) is 5.10 Å². The van der Waals surface area contributed by atoms with E-state index >= 15 is 0 Å². The number of aryl methyl sites for hydroxylation is 3. The van der Waals surface area contributed by atoms with Crippen LogP contribution in [0.25, 0.3) is 0 Å². The Hall–Kier alpha value is -0.650. The molecule has 0 fully saturated rings. The number of hydrogen-bond acceptors (Lipinski definition) is 3. The van der Waals surface area contributed by atoms with Gasteiger partial charge in [0.15, 0.2) is 0 Å². The van der Waals surface area contributed by atoms with Gasteiger partial charge in [0.05, 0.1) is 22.4 Å². The minimum atomic E-state index is 0.231. The summed E-state index contributed by atoms with van der Waals surface area (Å²) in [5, 5.41) is 7.97. The zero-order valence-electron chi connectivity index (χ0n) is 11.9. The van der Waals surface area contributed by atoms with Gasteiger partial charge in [0.25, 0.3) is 0 Å². The van der Waals surface area contributed by atoms with E-state index in [9.17, 15) is 0 Å². The Balaban J connectivity index is 1.98. The highest BCUT2D eigenvalue weighted by atomic mass is 79.9. The molecule has 3 rings (SSSR count). The highest BCUT2D eigenvalue weighted by Crippen LogP contribution is 2.37. The lowest BCUT2D eigenvalue weighted by Gasteiger charge is -2.17. The standard InChI is InChI=1S/C15H20BrN3S/c1-3-7-19-15(11(16)9-18-19)14(17-2)13-8-10-5-4-6-12(10)20-13/h8-9,14,17H,3-7H2,1-2H3. The fraction of sp³-hybridized carbons (Fsp3) is 0.533. The normalized spacial score (nSPS) is 15.6. The van der Waals surface area contributed by atoms with Crippen molar-refractivity contribution in [3.63, 3.8) is 0 Å². The van der Waals surface area contributed by atoms with E-state index in [2.05, 4.69) is 44.0 Å². The van der Waals surface area contributed by atoms with Gasteiger partial charge < -0.3 is 5.32 Å². The topological polar surface area (TPSA) is 29.9 Å². The number of aromatic nitrogens is 2. The first-order valence-corrected chi connectivity index (χ1v) is 8.85. The molecule has 0 aliphatic heterocycles. The van der Waals surface area contributed by atoms with Gasteiger partial charge >= 0.3 is 0 Å². The molecule has 0 saturated heterocycles. The van der Waals surface area contributed by atoms with Crippen LogP contribution in [0.2, 0.25) is 0 Å². The van der Waals surface area contributed by atoms with Crippen molar-refractivity contribution in [3.8, 4) is 0 Å². The maximum absolute atomic E-state index is 4.50. The number of rotatable bonds is 5. The number of nitrogens with one attached hydrogen (secondary N) is 1. The number of thiophene rings is 1. The summed E-state index contributed by atoms with van der Waals surface area (Å²) in [6, 6.07) is 2.62. The van der Waals surface area contributed by atoms with E-state index in [0.717, 1.165) is 17.4 Å². The van der Waals surface area contributed by atoms with E-state index in [1.807, 2.05) is 24.6 Å². The zero-order valence-corrected chi connectivity index (χ0v) is 14.4. The van der Waals surface area contributed by atoms with Gasteiger partial charge in [0.2, 0.25) is 0 Å². The van der Waals surface area contributed by atoms with Crippen molar-refractivity contribution in [3.05, 3.63) is 37.7 Å². The summed E-state index contributed by atoms with van der Waals surface area (Å²) in [4.78, 5) is 2.99. The summed E-state index contributed by atoms with van der Waals surface area (Å²) < 4.78 is 3.22. The molecule has 0 radical (unpaired) electrons. The molecule has 5 heteroatoms. The Kier molecular flexibility index (Phi) is 4.29. The second-order valence-corrected chi connectivity index (χ2v) is 7.30. The van der Waals surface area contributed by atoms with Gasteiger partial charge in [0.1, 0.15) is 0 Å². The van der Waals surface area contributed by atoms with E-state index in [1.54, 1.807) is 10.4 Å². The highest BCUT2D eigenvalue weighted by molar-refractivity contribution is 9.10. The van der Waals surface area contributed by atoms with Gasteiger partial charge in [0, 0.05) is 16.3 Å². The van der Waals surface area contributed by atoms with Crippen LogP contribution in [0.1, 0.15) is 46.8 Å². The molecular weight excluding hydrogens is 334 g/mol. The van der Waals surface area contributed by atoms with E-state index < -0.39 is 0 Å². The highest BCUT2D eigenvalue weighted by Gasteiger charge is 2.24. The van der Waals surface area contributed by atoms with Crippen molar-refractivity contribution in [2.75, 3.05) is 7.05 Å². The molecule has 108 valence electrons. The minimum Gasteiger partial charge on any atom is -0.307 e. The van der Waals surface area contributed by atoms with Gasteiger partial charge in [-0.1, -0.05) is 6.92 Å². The lowest BCUT2D eigenvalue weighted by molar-refractivity contribution is 0.536. The molecule has 0 spiro atoms. The second kappa shape index (κ2) is 6.00. The van der Waals surface area contributed by atoms with Crippen molar-refractivity contribution in [2.45, 2.75) is 45.2 Å². The third-order valence-electron chi connectivity index (χ3n) is 3.88. The van der Waals surface area contributed by atoms with Crippen LogP contribution in [0, 0.1) is 0 Å².